The van der Waals surface area contributed by atoms with Gasteiger partial charge in [0, 0.05) is 35.3 Å². The Bertz CT molecular complexity index is 454. The monoisotopic (exact) mass is 278 g/mol. The lowest BCUT2D eigenvalue weighted by atomic mass is 9.93. The lowest BCUT2D eigenvalue weighted by Crippen LogP contribution is -2.41. The van der Waals surface area contributed by atoms with Crippen molar-refractivity contribution in [3.8, 4) is 0 Å². The van der Waals surface area contributed by atoms with E-state index >= 15 is 0 Å². The predicted octanol–water partition coefficient (Wildman–Crippen LogP) is 2.93. The molecule has 2 atom stereocenters. The molecule has 3 rings (SSSR count). The molecule has 0 aliphatic carbocycles. The van der Waals surface area contributed by atoms with E-state index in [0.29, 0.717) is 5.25 Å². The molecular formula is C15H18O3S. The third-order valence-corrected chi connectivity index (χ3v) is 5.07. The van der Waals surface area contributed by atoms with Crippen molar-refractivity contribution in [3.63, 3.8) is 0 Å². The first-order chi connectivity index (χ1) is 9.30. The maximum atomic E-state index is 10.8. The normalized spacial score (nSPS) is 30.6. The average molecular weight is 278 g/mol. The largest absolute Gasteiger partial charge is 0.378 e. The summed E-state index contributed by atoms with van der Waals surface area (Å²) in [6, 6.07) is 7.82. The molecule has 2 aliphatic rings. The van der Waals surface area contributed by atoms with E-state index < -0.39 is 0 Å². The van der Waals surface area contributed by atoms with Gasteiger partial charge in [0.25, 0.3) is 0 Å². The van der Waals surface area contributed by atoms with Crippen molar-refractivity contribution in [2.75, 3.05) is 19.8 Å². The average Bonchev–Trinajstić information content (AvgIpc) is 2.87. The molecule has 0 bridgehead atoms. The lowest BCUT2D eigenvalue weighted by molar-refractivity contribution is -0.0769. The van der Waals surface area contributed by atoms with Gasteiger partial charge in [-0.05, 0) is 25.0 Å². The third kappa shape index (κ3) is 3.02. The highest BCUT2D eigenvalue weighted by Crippen LogP contribution is 2.39. The standard InChI is InChI=1S/C15H18O3S/c16-10-12-2-1-3-13(8-12)19-14-4-6-18-15(9-14)5-7-17-11-15/h1-3,8,10,14H,4-7,9,11H2. The van der Waals surface area contributed by atoms with Gasteiger partial charge in [-0.2, -0.15) is 0 Å². The molecule has 2 unspecified atom stereocenters. The van der Waals surface area contributed by atoms with Crippen LogP contribution >= 0.6 is 11.8 Å². The molecule has 1 aromatic rings. The van der Waals surface area contributed by atoms with Crippen LogP contribution in [0.3, 0.4) is 0 Å². The van der Waals surface area contributed by atoms with Crippen molar-refractivity contribution in [3.05, 3.63) is 29.8 Å². The van der Waals surface area contributed by atoms with E-state index in [0.717, 1.165) is 50.9 Å². The van der Waals surface area contributed by atoms with Crippen molar-refractivity contribution in [2.24, 2.45) is 0 Å². The molecule has 2 saturated heterocycles. The van der Waals surface area contributed by atoms with Crippen molar-refractivity contribution < 1.29 is 14.3 Å². The number of thioether (sulfide) groups is 1. The van der Waals surface area contributed by atoms with Gasteiger partial charge < -0.3 is 9.47 Å². The zero-order chi connectivity index (χ0) is 13.1. The second kappa shape index (κ2) is 5.65. The van der Waals surface area contributed by atoms with E-state index in [1.807, 2.05) is 30.0 Å². The first-order valence-electron chi connectivity index (χ1n) is 6.73. The molecule has 4 heteroatoms. The molecule has 0 amide bonds. The van der Waals surface area contributed by atoms with Gasteiger partial charge >= 0.3 is 0 Å². The minimum Gasteiger partial charge on any atom is -0.378 e. The molecule has 0 radical (unpaired) electrons. The summed E-state index contributed by atoms with van der Waals surface area (Å²) in [5.74, 6) is 0. The van der Waals surface area contributed by atoms with Gasteiger partial charge in [0.15, 0.2) is 0 Å². The van der Waals surface area contributed by atoms with Gasteiger partial charge in [0.2, 0.25) is 0 Å². The highest BCUT2D eigenvalue weighted by atomic mass is 32.2. The summed E-state index contributed by atoms with van der Waals surface area (Å²) < 4.78 is 11.4. The van der Waals surface area contributed by atoms with Gasteiger partial charge in [-0.25, -0.2) is 0 Å². The topological polar surface area (TPSA) is 35.5 Å². The third-order valence-electron chi connectivity index (χ3n) is 3.81. The number of ether oxygens (including phenoxy) is 2. The van der Waals surface area contributed by atoms with Gasteiger partial charge in [0.1, 0.15) is 6.29 Å². The number of rotatable bonds is 3. The Hall–Kier alpha value is -0.840. The SMILES string of the molecule is O=Cc1cccc(SC2CCOC3(CCOC3)C2)c1. The highest BCUT2D eigenvalue weighted by Gasteiger charge is 2.41. The number of aldehydes is 1. The lowest BCUT2D eigenvalue weighted by Gasteiger charge is -2.36. The number of carbonyl (C=O) groups excluding carboxylic acids is 1. The van der Waals surface area contributed by atoms with Crippen LogP contribution in [0.1, 0.15) is 29.6 Å². The number of hydrogen-bond donors (Lipinski definition) is 0. The minimum atomic E-state index is -0.0435. The van der Waals surface area contributed by atoms with Crippen LogP contribution in [0.15, 0.2) is 29.2 Å². The van der Waals surface area contributed by atoms with Crippen LogP contribution in [0.4, 0.5) is 0 Å². The molecule has 2 fully saturated rings. The Labute approximate surface area is 117 Å². The van der Waals surface area contributed by atoms with Gasteiger partial charge in [-0.3, -0.25) is 4.79 Å². The predicted molar refractivity (Wildman–Crippen MR) is 74.8 cm³/mol. The van der Waals surface area contributed by atoms with Gasteiger partial charge in [0.05, 0.1) is 12.2 Å². The summed E-state index contributed by atoms with van der Waals surface area (Å²) >= 11 is 1.86. The summed E-state index contributed by atoms with van der Waals surface area (Å²) in [4.78, 5) is 12.0. The summed E-state index contributed by atoms with van der Waals surface area (Å²) in [5.41, 5.74) is 0.703. The second-order valence-corrected chi connectivity index (χ2v) is 6.63. The van der Waals surface area contributed by atoms with Crippen molar-refractivity contribution in [2.45, 2.75) is 35.0 Å². The number of hydrogen-bond acceptors (Lipinski definition) is 4. The molecule has 3 nitrogen and oxygen atoms in total. The molecule has 19 heavy (non-hydrogen) atoms. The molecule has 2 aliphatic heterocycles. The first-order valence-corrected chi connectivity index (χ1v) is 7.61. The van der Waals surface area contributed by atoms with Crippen LogP contribution in [0.2, 0.25) is 0 Å². The van der Waals surface area contributed by atoms with E-state index in [9.17, 15) is 4.79 Å². The van der Waals surface area contributed by atoms with E-state index in [2.05, 4.69) is 6.07 Å². The maximum Gasteiger partial charge on any atom is 0.150 e. The second-order valence-electron chi connectivity index (χ2n) is 5.26. The molecule has 0 N–H and O–H groups in total. The zero-order valence-corrected chi connectivity index (χ0v) is 11.7. The number of benzene rings is 1. The summed E-state index contributed by atoms with van der Waals surface area (Å²) in [6.45, 7) is 2.37. The van der Waals surface area contributed by atoms with Crippen LogP contribution in [0, 0.1) is 0 Å². The van der Waals surface area contributed by atoms with Crippen LogP contribution in [0.25, 0.3) is 0 Å². The summed E-state index contributed by atoms with van der Waals surface area (Å²) in [5, 5.41) is 0.553. The van der Waals surface area contributed by atoms with E-state index in [-0.39, 0.29) is 5.60 Å². The van der Waals surface area contributed by atoms with Crippen LogP contribution < -0.4 is 0 Å². The van der Waals surface area contributed by atoms with Crippen molar-refractivity contribution >= 4 is 18.0 Å². The van der Waals surface area contributed by atoms with Crippen molar-refractivity contribution in [1.29, 1.82) is 0 Å². The summed E-state index contributed by atoms with van der Waals surface area (Å²) in [6.07, 6.45) is 4.03. The fraction of sp³-hybridized carbons (Fsp3) is 0.533. The Morgan fingerprint density at radius 3 is 3.11 bits per heavy atom. The molecule has 2 heterocycles. The Morgan fingerprint density at radius 2 is 2.32 bits per heavy atom. The number of carbonyl (C=O) groups is 1. The molecule has 0 saturated carbocycles. The zero-order valence-electron chi connectivity index (χ0n) is 10.8. The fourth-order valence-electron chi connectivity index (χ4n) is 2.80. The molecule has 1 aromatic carbocycles. The Balaban J connectivity index is 1.67. The highest BCUT2D eigenvalue weighted by molar-refractivity contribution is 8.00. The van der Waals surface area contributed by atoms with E-state index in [4.69, 9.17) is 9.47 Å². The Morgan fingerprint density at radius 1 is 1.37 bits per heavy atom. The minimum absolute atomic E-state index is 0.0435. The molecule has 0 aromatic heterocycles. The van der Waals surface area contributed by atoms with Crippen LogP contribution in [-0.2, 0) is 9.47 Å². The first kappa shape index (κ1) is 13.2. The molecule has 102 valence electrons. The van der Waals surface area contributed by atoms with Crippen LogP contribution in [-0.4, -0.2) is 37.0 Å². The molecular weight excluding hydrogens is 260 g/mol. The van der Waals surface area contributed by atoms with Crippen LogP contribution in [0.5, 0.6) is 0 Å². The fourth-order valence-corrected chi connectivity index (χ4v) is 4.15. The smallest absolute Gasteiger partial charge is 0.150 e. The van der Waals surface area contributed by atoms with Gasteiger partial charge in [-0.1, -0.05) is 12.1 Å². The molecule has 1 spiro atoms. The van der Waals surface area contributed by atoms with Gasteiger partial charge in [-0.15, -0.1) is 11.8 Å². The van der Waals surface area contributed by atoms with E-state index in [1.54, 1.807) is 0 Å². The van der Waals surface area contributed by atoms with E-state index in [1.165, 1.54) is 4.90 Å². The quantitative estimate of drug-likeness (QED) is 0.796. The summed E-state index contributed by atoms with van der Waals surface area (Å²) in [7, 11) is 0. The van der Waals surface area contributed by atoms with Crippen molar-refractivity contribution in [1.82, 2.24) is 0 Å². The Kier molecular flexibility index (Phi) is 3.91. The maximum absolute atomic E-state index is 10.8.